The molecule has 0 radical (unpaired) electrons. The molecule has 7 heteroatoms. The largest absolute Gasteiger partial charge is 0.369 e. The van der Waals surface area contributed by atoms with Gasteiger partial charge in [0.15, 0.2) is 0 Å². The zero-order valence-electron chi connectivity index (χ0n) is 17.3. The van der Waals surface area contributed by atoms with Crippen molar-refractivity contribution in [3.63, 3.8) is 0 Å². The van der Waals surface area contributed by atoms with Gasteiger partial charge in [0, 0.05) is 49.2 Å². The maximum absolute atomic E-state index is 4.62. The van der Waals surface area contributed by atoms with Crippen LogP contribution < -0.4 is 10.2 Å². The number of nitrogens with zero attached hydrogens (tertiary/aromatic N) is 6. The minimum atomic E-state index is 0.575. The number of likely N-dealkylation sites (N-methyl/N-ethyl adjacent to an activating group) is 1. The van der Waals surface area contributed by atoms with Crippen LogP contribution in [0.3, 0.4) is 0 Å². The van der Waals surface area contributed by atoms with Crippen molar-refractivity contribution < 1.29 is 0 Å². The fraction of sp³-hybridized carbons (Fsp3) is 0.261. The number of piperazine rings is 1. The van der Waals surface area contributed by atoms with Gasteiger partial charge in [-0.15, -0.1) is 0 Å². The van der Waals surface area contributed by atoms with Crippen molar-refractivity contribution in [2.24, 2.45) is 0 Å². The molecule has 1 N–H and O–H groups in total. The normalized spacial score (nSPS) is 14.9. The zero-order valence-corrected chi connectivity index (χ0v) is 17.3. The summed E-state index contributed by atoms with van der Waals surface area (Å²) in [5.74, 6) is 1.32. The van der Waals surface area contributed by atoms with E-state index in [-0.39, 0.29) is 0 Å². The molecule has 0 bridgehead atoms. The van der Waals surface area contributed by atoms with Gasteiger partial charge >= 0.3 is 0 Å². The average molecular weight is 400 g/mol. The van der Waals surface area contributed by atoms with Crippen LogP contribution in [-0.4, -0.2) is 57.7 Å². The molecule has 4 aromatic rings. The number of nitrogens with one attached hydrogen (secondary N) is 1. The van der Waals surface area contributed by atoms with Gasteiger partial charge in [0.1, 0.15) is 12.1 Å². The molecule has 2 aromatic heterocycles. The Labute approximate surface area is 176 Å². The van der Waals surface area contributed by atoms with Crippen molar-refractivity contribution >= 4 is 23.0 Å². The van der Waals surface area contributed by atoms with E-state index in [9.17, 15) is 0 Å². The molecule has 3 heterocycles. The second kappa shape index (κ2) is 7.76. The molecule has 1 fully saturated rings. The minimum absolute atomic E-state index is 0.575. The lowest BCUT2D eigenvalue weighted by molar-refractivity contribution is 0.313. The minimum Gasteiger partial charge on any atom is -0.369 e. The Morgan fingerprint density at radius 1 is 0.933 bits per heavy atom. The SMILES string of the molecule is Cc1cccc(-c2cc(Nc3ccc(N4CCN(C)CC4)cc3)nc3ncnn23)c1. The van der Waals surface area contributed by atoms with Crippen LogP contribution in [0.4, 0.5) is 17.2 Å². The third-order valence-corrected chi connectivity index (χ3v) is 5.57. The van der Waals surface area contributed by atoms with Crippen LogP contribution in [-0.2, 0) is 0 Å². The van der Waals surface area contributed by atoms with Crippen molar-refractivity contribution in [1.82, 2.24) is 24.5 Å². The topological polar surface area (TPSA) is 61.6 Å². The Kier molecular flexibility index (Phi) is 4.80. The standard InChI is InChI=1S/C23H25N7/c1-17-4-3-5-18(14-17)21-15-22(27-23-24-16-25-30(21)23)26-19-6-8-20(9-7-19)29-12-10-28(2)11-13-29/h3-9,14-16H,10-13H2,1-2H3,(H,24,25,26,27). The summed E-state index contributed by atoms with van der Waals surface area (Å²) in [6.45, 7) is 6.42. The summed E-state index contributed by atoms with van der Waals surface area (Å²) >= 11 is 0. The smallest absolute Gasteiger partial charge is 0.254 e. The number of fused-ring (bicyclic) bond motifs is 1. The molecule has 1 aliphatic rings. The number of hydrogen-bond acceptors (Lipinski definition) is 6. The molecule has 0 aliphatic carbocycles. The van der Waals surface area contributed by atoms with Crippen LogP contribution in [0.25, 0.3) is 17.0 Å². The first-order valence-electron chi connectivity index (χ1n) is 10.2. The molecule has 2 aromatic carbocycles. The molecular formula is C23H25N7. The molecule has 1 saturated heterocycles. The number of anilines is 3. The summed E-state index contributed by atoms with van der Waals surface area (Å²) < 4.78 is 1.77. The van der Waals surface area contributed by atoms with Gasteiger partial charge in [0.2, 0.25) is 0 Å². The summed E-state index contributed by atoms with van der Waals surface area (Å²) in [5.41, 5.74) is 5.50. The Morgan fingerprint density at radius 3 is 2.50 bits per heavy atom. The Balaban J connectivity index is 1.42. The Hall–Kier alpha value is -3.45. The monoisotopic (exact) mass is 399 g/mol. The van der Waals surface area contributed by atoms with E-state index < -0.39 is 0 Å². The third-order valence-electron chi connectivity index (χ3n) is 5.57. The molecule has 0 atom stereocenters. The lowest BCUT2D eigenvalue weighted by Crippen LogP contribution is -2.44. The van der Waals surface area contributed by atoms with Crippen LogP contribution in [0.15, 0.2) is 60.9 Å². The van der Waals surface area contributed by atoms with Crippen LogP contribution in [0.1, 0.15) is 5.56 Å². The van der Waals surface area contributed by atoms with Gasteiger partial charge < -0.3 is 15.1 Å². The molecule has 7 nitrogen and oxygen atoms in total. The van der Waals surface area contributed by atoms with E-state index in [1.807, 2.05) is 6.07 Å². The van der Waals surface area contributed by atoms with E-state index in [4.69, 9.17) is 0 Å². The fourth-order valence-electron chi connectivity index (χ4n) is 3.85. The Bertz CT molecular complexity index is 1160. The molecule has 5 rings (SSSR count). The molecule has 0 unspecified atom stereocenters. The van der Waals surface area contributed by atoms with Gasteiger partial charge in [0.25, 0.3) is 5.78 Å². The predicted molar refractivity (Wildman–Crippen MR) is 120 cm³/mol. The van der Waals surface area contributed by atoms with Crippen LogP contribution in [0.2, 0.25) is 0 Å². The molecule has 1 aliphatic heterocycles. The van der Waals surface area contributed by atoms with Crippen molar-refractivity contribution in [3.8, 4) is 11.3 Å². The molecule has 30 heavy (non-hydrogen) atoms. The van der Waals surface area contributed by atoms with E-state index >= 15 is 0 Å². The number of aryl methyl sites for hydroxylation is 1. The average Bonchev–Trinajstić information content (AvgIpc) is 3.23. The van der Waals surface area contributed by atoms with Gasteiger partial charge in [-0.3, -0.25) is 0 Å². The lowest BCUT2D eigenvalue weighted by atomic mass is 10.1. The van der Waals surface area contributed by atoms with Gasteiger partial charge in [-0.05, 0) is 44.3 Å². The zero-order chi connectivity index (χ0) is 20.5. The van der Waals surface area contributed by atoms with E-state index in [1.54, 1.807) is 4.52 Å². The summed E-state index contributed by atoms with van der Waals surface area (Å²) in [5, 5.41) is 7.78. The second-order valence-electron chi connectivity index (χ2n) is 7.83. The molecular weight excluding hydrogens is 374 g/mol. The van der Waals surface area contributed by atoms with Crippen molar-refractivity contribution in [2.75, 3.05) is 43.4 Å². The van der Waals surface area contributed by atoms with Crippen molar-refractivity contribution in [3.05, 3.63) is 66.5 Å². The van der Waals surface area contributed by atoms with Gasteiger partial charge in [-0.25, -0.2) is 0 Å². The summed E-state index contributed by atoms with van der Waals surface area (Å²) in [4.78, 5) is 13.7. The molecule has 0 amide bonds. The quantitative estimate of drug-likeness (QED) is 0.566. The van der Waals surface area contributed by atoms with E-state index in [0.29, 0.717) is 5.78 Å². The van der Waals surface area contributed by atoms with Gasteiger partial charge in [-0.2, -0.15) is 19.6 Å². The maximum Gasteiger partial charge on any atom is 0.254 e. The lowest BCUT2D eigenvalue weighted by Gasteiger charge is -2.34. The van der Waals surface area contributed by atoms with E-state index in [1.165, 1.54) is 17.6 Å². The number of rotatable bonds is 4. The third kappa shape index (κ3) is 3.71. The van der Waals surface area contributed by atoms with Crippen molar-refractivity contribution in [1.29, 1.82) is 0 Å². The summed E-state index contributed by atoms with van der Waals surface area (Å²) in [6, 6.07) is 18.9. The molecule has 0 spiro atoms. The molecule has 152 valence electrons. The second-order valence-corrected chi connectivity index (χ2v) is 7.83. The van der Waals surface area contributed by atoms with E-state index in [0.717, 1.165) is 48.9 Å². The Morgan fingerprint density at radius 2 is 1.73 bits per heavy atom. The molecule has 0 saturated carbocycles. The van der Waals surface area contributed by atoms with E-state index in [2.05, 4.69) is 92.7 Å². The summed E-state index contributed by atoms with van der Waals surface area (Å²) in [6.07, 6.45) is 1.54. The summed E-state index contributed by atoms with van der Waals surface area (Å²) in [7, 11) is 2.18. The van der Waals surface area contributed by atoms with Crippen LogP contribution in [0, 0.1) is 6.92 Å². The first kappa shape index (κ1) is 18.6. The van der Waals surface area contributed by atoms with Crippen molar-refractivity contribution in [2.45, 2.75) is 6.92 Å². The highest BCUT2D eigenvalue weighted by molar-refractivity contribution is 5.69. The first-order chi connectivity index (χ1) is 14.7. The highest BCUT2D eigenvalue weighted by Crippen LogP contribution is 2.26. The fourth-order valence-corrected chi connectivity index (χ4v) is 3.85. The van der Waals surface area contributed by atoms with Crippen LogP contribution in [0.5, 0.6) is 0 Å². The van der Waals surface area contributed by atoms with Crippen LogP contribution >= 0.6 is 0 Å². The predicted octanol–water partition coefficient (Wildman–Crippen LogP) is 3.60. The highest BCUT2D eigenvalue weighted by Gasteiger charge is 2.14. The maximum atomic E-state index is 4.62. The first-order valence-corrected chi connectivity index (χ1v) is 10.2. The van der Waals surface area contributed by atoms with Gasteiger partial charge in [-0.1, -0.05) is 23.8 Å². The van der Waals surface area contributed by atoms with Gasteiger partial charge in [0.05, 0.1) is 5.69 Å². The number of hydrogen-bond donors (Lipinski definition) is 1. The highest BCUT2D eigenvalue weighted by atomic mass is 15.3. The number of aromatic nitrogens is 4. The number of benzene rings is 2.